The Balaban J connectivity index is 0.00000158. The Morgan fingerprint density at radius 2 is 1.82 bits per heavy atom. The van der Waals surface area contributed by atoms with Crippen molar-refractivity contribution in [2.45, 2.75) is 44.2 Å². The SMILES string of the molecule is CO.COC(=O)c1cc2nc(C3CCCCC3)sc2cc1NC(=O)c1cccc(C(F)(F)F)n1. The van der Waals surface area contributed by atoms with Gasteiger partial charge in [0.2, 0.25) is 0 Å². The molecule has 2 heterocycles. The normalized spacial score (nSPS) is 14.3. The molecule has 1 fully saturated rings. The van der Waals surface area contributed by atoms with E-state index in [9.17, 15) is 22.8 Å². The number of amides is 1. The number of pyridine rings is 1. The number of carbonyl (C=O) groups excluding carboxylic acids is 2. The number of aliphatic hydroxyl groups is 1. The molecule has 1 saturated carbocycles. The van der Waals surface area contributed by atoms with Gasteiger partial charge in [0, 0.05) is 13.0 Å². The number of benzene rings is 1. The van der Waals surface area contributed by atoms with Gasteiger partial charge in [0.25, 0.3) is 5.91 Å². The maximum atomic E-state index is 12.9. The highest BCUT2D eigenvalue weighted by molar-refractivity contribution is 7.18. The number of rotatable bonds is 4. The molecule has 2 N–H and O–H groups in total. The lowest BCUT2D eigenvalue weighted by atomic mass is 9.90. The number of methoxy groups -OCH3 is 1. The molecule has 0 radical (unpaired) electrons. The number of hydrogen-bond acceptors (Lipinski definition) is 7. The number of nitrogens with one attached hydrogen (secondary N) is 1. The number of esters is 1. The molecule has 0 spiro atoms. The number of hydrogen-bond donors (Lipinski definition) is 2. The van der Waals surface area contributed by atoms with Crippen molar-refractivity contribution in [2.24, 2.45) is 0 Å². The standard InChI is InChI=1S/C22H20F3N3O3S.CH4O/c1-31-21(30)13-10-16-17(32-20(28-16)12-6-3-2-4-7-12)11-15(13)27-19(29)14-8-5-9-18(26-14)22(23,24)25;1-2/h5,8-12H,2-4,6-7H2,1H3,(H,27,29);2H,1H3. The molecule has 0 bridgehead atoms. The van der Waals surface area contributed by atoms with E-state index in [0.29, 0.717) is 11.4 Å². The summed E-state index contributed by atoms with van der Waals surface area (Å²) >= 11 is 1.50. The van der Waals surface area contributed by atoms with E-state index in [1.807, 2.05) is 0 Å². The Morgan fingerprint density at radius 3 is 2.47 bits per heavy atom. The summed E-state index contributed by atoms with van der Waals surface area (Å²) in [5, 5.41) is 10.5. The first kappa shape index (κ1) is 25.6. The van der Waals surface area contributed by atoms with Crippen LogP contribution in [-0.4, -0.2) is 41.2 Å². The fourth-order valence-electron chi connectivity index (χ4n) is 3.80. The molecule has 0 unspecified atom stereocenters. The third kappa shape index (κ3) is 5.71. The number of alkyl halides is 3. The molecule has 7 nitrogen and oxygen atoms in total. The molecule has 0 saturated heterocycles. The van der Waals surface area contributed by atoms with Crippen LogP contribution in [0.5, 0.6) is 0 Å². The van der Waals surface area contributed by atoms with Crippen molar-refractivity contribution >= 4 is 39.1 Å². The highest BCUT2D eigenvalue weighted by Crippen LogP contribution is 2.38. The van der Waals surface area contributed by atoms with Crippen LogP contribution in [0.25, 0.3) is 10.2 Å². The average molecular weight is 496 g/mol. The van der Waals surface area contributed by atoms with Gasteiger partial charge in [-0.15, -0.1) is 11.3 Å². The summed E-state index contributed by atoms with van der Waals surface area (Å²) in [6.07, 6.45) is 0.972. The van der Waals surface area contributed by atoms with E-state index in [1.165, 1.54) is 30.9 Å². The molecule has 1 aliphatic carbocycles. The molecule has 1 amide bonds. The lowest BCUT2D eigenvalue weighted by Gasteiger charge is -2.18. The van der Waals surface area contributed by atoms with Crippen molar-refractivity contribution in [2.75, 3.05) is 19.5 Å². The van der Waals surface area contributed by atoms with E-state index in [4.69, 9.17) is 14.8 Å². The van der Waals surface area contributed by atoms with Gasteiger partial charge in [-0.3, -0.25) is 4.79 Å². The largest absolute Gasteiger partial charge is 0.465 e. The van der Waals surface area contributed by atoms with Crippen molar-refractivity contribution in [3.05, 3.63) is 52.3 Å². The van der Waals surface area contributed by atoms with Crippen LogP contribution < -0.4 is 5.32 Å². The van der Waals surface area contributed by atoms with Crippen LogP contribution in [0, 0.1) is 0 Å². The quantitative estimate of drug-likeness (QED) is 0.470. The van der Waals surface area contributed by atoms with Crippen LogP contribution in [-0.2, 0) is 10.9 Å². The van der Waals surface area contributed by atoms with Gasteiger partial charge in [-0.25, -0.2) is 14.8 Å². The second-order valence-electron chi connectivity index (χ2n) is 7.60. The number of ether oxygens (including phenoxy) is 1. The maximum Gasteiger partial charge on any atom is 0.433 e. The second kappa shape index (κ2) is 10.9. The van der Waals surface area contributed by atoms with Gasteiger partial charge >= 0.3 is 12.1 Å². The van der Waals surface area contributed by atoms with Crippen LogP contribution in [0.2, 0.25) is 0 Å². The highest BCUT2D eigenvalue weighted by atomic mass is 32.1. The first-order valence-electron chi connectivity index (χ1n) is 10.6. The number of nitrogens with zero attached hydrogens (tertiary/aromatic N) is 2. The molecular formula is C23H24F3N3O4S. The topological polar surface area (TPSA) is 101 Å². The minimum atomic E-state index is -4.68. The Labute approximate surface area is 198 Å². The van der Waals surface area contributed by atoms with Gasteiger partial charge < -0.3 is 15.2 Å². The lowest BCUT2D eigenvalue weighted by molar-refractivity contribution is -0.141. The number of aliphatic hydroxyl groups excluding tert-OH is 1. The molecule has 182 valence electrons. The van der Waals surface area contributed by atoms with Gasteiger partial charge in [-0.05, 0) is 37.1 Å². The van der Waals surface area contributed by atoms with Crippen LogP contribution in [0.4, 0.5) is 18.9 Å². The number of anilines is 1. The summed E-state index contributed by atoms with van der Waals surface area (Å²) in [7, 11) is 2.21. The molecule has 0 aliphatic heterocycles. The van der Waals surface area contributed by atoms with E-state index >= 15 is 0 Å². The maximum absolute atomic E-state index is 12.9. The van der Waals surface area contributed by atoms with Crippen LogP contribution in [0.15, 0.2) is 30.3 Å². The van der Waals surface area contributed by atoms with E-state index in [1.54, 1.807) is 12.1 Å². The number of aromatic nitrogens is 2. The summed E-state index contributed by atoms with van der Waals surface area (Å²) in [5.74, 6) is -1.18. The fourth-order valence-corrected chi connectivity index (χ4v) is 4.96. The van der Waals surface area contributed by atoms with Gasteiger partial charge in [-0.2, -0.15) is 13.2 Å². The van der Waals surface area contributed by atoms with Gasteiger partial charge in [0.1, 0.15) is 11.4 Å². The molecule has 4 rings (SSSR count). The molecule has 2 aromatic heterocycles. The third-order valence-electron chi connectivity index (χ3n) is 5.42. The number of thiazole rings is 1. The van der Waals surface area contributed by atoms with Gasteiger partial charge in [0.15, 0.2) is 0 Å². The number of fused-ring (bicyclic) bond motifs is 1. The lowest BCUT2D eigenvalue weighted by Crippen LogP contribution is -2.18. The molecular weight excluding hydrogens is 471 g/mol. The summed E-state index contributed by atoms with van der Waals surface area (Å²) in [4.78, 5) is 33.1. The Kier molecular flexibility index (Phi) is 8.21. The molecule has 1 aliphatic rings. The summed E-state index contributed by atoms with van der Waals surface area (Å²) < 4.78 is 44.4. The Bertz CT molecular complexity index is 1170. The predicted molar refractivity (Wildman–Crippen MR) is 122 cm³/mol. The first-order chi connectivity index (χ1) is 16.3. The van der Waals surface area contributed by atoms with Crippen molar-refractivity contribution in [3.63, 3.8) is 0 Å². The van der Waals surface area contributed by atoms with Gasteiger partial charge in [0.05, 0.1) is 33.6 Å². The predicted octanol–water partition coefficient (Wildman–Crippen LogP) is 5.41. The zero-order chi connectivity index (χ0) is 24.9. The zero-order valence-corrected chi connectivity index (χ0v) is 19.4. The fraction of sp³-hybridized carbons (Fsp3) is 0.391. The monoisotopic (exact) mass is 495 g/mol. The molecule has 0 atom stereocenters. The van der Waals surface area contributed by atoms with E-state index in [0.717, 1.165) is 54.6 Å². The number of halogens is 3. The summed E-state index contributed by atoms with van der Waals surface area (Å²) in [6.45, 7) is 0. The zero-order valence-electron chi connectivity index (χ0n) is 18.6. The van der Waals surface area contributed by atoms with E-state index < -0.39 is 29.4 Å². The molecule has 11 heteroatoms. The van der Waals surface area contributed by atoms with Crippen LogP contribution >= 0.6 is 11.3 Å². The highest BCUT2D eigenvalue weighted by Gasteiger charge is 2.33. The number of carbonyl (C=O) groups is 2. The average Bonchev–Trinajstić information content (AvgIpc) is 3.27. The van der Waals surface area contributed by atoms with Crippen LogP contribution in [0.1, 0.15) is 69.6 Å². The van der Waals surface area contributed by atoms with Crippen molar-refractivity contribution in [3.8, 4) is 0 Å². The second-order valence-corrected chi connectivity index (χ2v) is 8.67. The van der Waals surface area contributed by atoms with Crippen LogP contribution in [0.3, 0.4) is 0 Å². The van der Waals surface area contributed by atoms with Crippen molar-refractivity contribution in [1.82, 2.24) is 9.97 Å². The van der Waals surface area contributed by atoms with Crippen molar-refractivity contribution in [1.29, 1.82) is 0 Å². The van der Waals surface area contributed by atoms with Gasteiger partial charge in [-0.1, -0.05) is 25.3 Å². The first-order valence-corrected chi connectivity index (χ1v) is 11.4. The Morgan fingerprint density at radius 1 is 1.12 bits per heavy atom. The molecule has 3 aromatic rings. The Hall–Kier alpha value is -3.05. The molecule has 1 aromatic carbocycles. The summed E-state index contributed by atoms with van der Waals surface area (Å²) in [5.41, 5.74) is -0.768. The van der Waals surface area contributed by atoms with E-state index in [2.05, 4.69) is 10.3 Å². The summed E-state index contributed by atoms with van der Waals surface area (Å²) in [6, 6.07) is 6.21. The molecule has 34 heavy (non-hydrogen) atoms. The minimum absolute atomic E-state index is 0.0702. The van der Waals surface area contributed by atoms with Crippen molar-refractivity contribution < 1.29 is 32.6 Å². The minimum Gasteiger partial charge on any atom is -0.465 e. The van der Waals surface area contributed by atoms with E-state index in [-0.39, 0.29) is 11.3 Å². The smallest absolute Gasteiger partial charge is 0.433 e. The third-order valence-corrected chi connectivity index (χ3v) is 6.61.